The summed E-state index contributed by atoms with van der Waals surface area (Å²) in [5.74, 6) is 2.81. The van der Waals surface area contributed by atoms with Gasteiger partial charge in [0.05, 0.1) is 23.6 Å². The third kappa shape index (κ3) is 8.89. The largest absolute Gasteiger partial charge is 0.399 e. The molecule has 1 aromatic rings. The molecule has 4 N–H and O–H groups in total. The molecule has 0 radical (unpaired) electrons. The average Bonchev–Trinajstić information content (AvgIpc) is 3.02. The van der Waals surface area contributed by atoms with Crippen LogP contribution in [0, 0.1) is 22.6 Å². The SMILES string of the molecule is C=CN=C(C)C1=C(N(C)C/C(N)=C/N(N)CCCCCC(F)(F)c2cccc(C(C)C)c2F)N(C)C(=C)C(C2(C#N)CCCCC2)=C1. The normalized spacial score (nSPS) is 17.5. The highest BCUT2D eigenvalue weighted by molar-refractivity contribution is 6.02. The maximum absolute atomic E-state index is 14.9. The Balaban J connectivity index is 1.66. The number of allylic oxidation sites excluding steroid dienone is 3. The number of unbranched alkanes of at least 4 members (excludes halogenated alkanes) is 2. The van der Waals surface area contributed by atoms with Crippen molar-refractivity contribution in [3.63, 3.8) is 0 Å². The second-order valence-electron chi connectivity index (χ2n) is 13.1. The van der Waals surface area contributed by atoms with Gasteiger partial charge in [0.15, 0.2) is 0 Å². The summed E-state index contributed by atoms with van der Waals surface area (Å²) in [4.78, 5) is 8.45. The highest BCUT2D eigenvalue weighted by Crippen LogP contribution is 2.48. The van der Waals surface area contributed by atoms with Gasteiger partial charge in [-0.05, 0) is 55.7 Å². The van der Waals surface area contributed by atoms with E-state index in [1.165, 1.54) is 23.3 Å². The number of alkyl halides is 2. The fourth-order valence-corrected chi connectivity index (χ4v) is 6.63. The first kappa shape index (κ1) is 37.5. The molecule has 1 fully saturated rings. The standard InChI is InChI=1S/C37H52F3N7/c1-8-44-27(4)31-22-33(36(25-41)18-11-9-12-19-36)28(5)46(7)35(31)45(6)23-29(42)24-47(43)21-14-10-13-20-37(39,40)32-17-15-16-30(26(2)3)34(32)38/h8,15-17,22,24,26H,1,5,9-14,18-21,23,42-43H2,2-4,6-7H3/b29-24-,44-27?. The van der Waals surface area contributed by atoms with Gasteiger partial charge in [-0.15, -0.1) is 0 Å². The van der Waals surface area contributed by atoms with Gasteiger partial charge in [-0.25, -0.2) is 19.0 Å². The van der Waals surface area contributed by atoms with Crippen LogP contribution in [0.4, 0.5) is 13.2 Å². The molecule has 7 nitrogen and oxygen atoms in total. The minimum absolute atomic E-state index is 0.175. The number of aliphatic imine (C=N–C) groups is 1. The van der Waals surface area contributed by atoms with E-state index in [1.54, 1.807) is 26.1 Å². The summed E-state index contributed by atoms with van der Waals surface area (Å²) in [5.41, 5.74) is 9.42. The molecular weight excluding hydrogens is 599 g/mol. The van der Waals surface area contributed by atoms with Crippen molar-refractivity contribution in [2.24, 2.45) is 22.0 Å². The molecular formula is C37H52F3N7. The highest BCUT2D eigenvalue weighted by Gasteiger charge is 2.41. The van der Waals surface area contributed by atoms with Crippen LogP contribution in [0.1, 0.15) is 95.6 Å². The third-order valence-electron chi connectivity index (χ3n) is 9.24. The van der Waals surface area contributed by atoms with E-state index in [0.29, 0.717) is 37.2 Å². The molecule has 0 bridgehead atoms. The van der Waals surface area contributed by atoms with Gasteiger partial charge in [0.25, 0.3) is 5.92 Å². The Bertz CT molecular complexity index is 1460. The van der Waals surface area contributed by atoms with Crippen molar-refractivity contribution in [2.45, 2.75) is 90.4 Å². The van der Waals surface area contributed by atoms with Crippen LogP contribution in [0.5, 0.6) is 0 Å². The van der Waals surface area contributed by atoms with Gasteiger partial charge in [-0.1, -0.05) is 70.9 Å². The van der Waals surface area contributed by atoms with Crippen LogP contribution in [0.3, 0.4) is 0 Å². The molecule has 3 rings (SSSR count). The maximum atomic E-state index is 14.9. The first-order valence-electron chi connectivity index (χ1n) is 16.5. The second-order valence-corrected chi connectivity index (χ2v) is 13.1. The molecule has 0 spiro atoms. The monoisotopic (exact) mass is 651 g/mol. The van der Waals surface area contributed by atoms with E-state index in [2.05, 4.69) is 30.3 Å². The van der Waals surface area contributed by atoms with Crippen molar-refractivity contribution >= 4 is 5.71 Å². The number of hydrogen-bond acceptors (Lipinski definition) is 7. The Hall–Kier alpha value is -3.97. The van der Waals surface area contributed by atoms with Gasteiger partial charge in [0, 0.05) is 62.1 Å². The second kappa shape index (κ2) is 16.2. The van der Waals surface area contributed by atoms with Crippen LogP contribution in [-0.4, -0.2) is 47.7 Å². The molecule has 0 atom stereocenters. The number of rotatable bonds is 15. The predicted molar refractivity (Wildman–Crippen MR) is 185 cm³/mol. The van der Waals surface area contributed by atoms with E-state index in [-0.39, 0.29) is 12.3 Å². The van der Waals surface area contributed by atoms with Crippen LogP contribution in [0.2, 0.25) is 0 Å². The zero-order chi connectivity index (χ0) is 34.9. The topological polar surface area (TPSA) is 97.9 Å². The minimum Gasteiger partial charge on any atom is -0.399 e. The molecule has 47 heavy (non-hydrogen) atoms. The van der Waals surface area contributed by atoms with Gasteiger partial charge in [-0.3, -0.25) is 4.99 Å². The summed E-state index contributed by atoms with van der Waals surface area (Å²) in [6, 6.07) is 6.85. The lowest BCUT2D eigenvalue weighted by Gasteiger charge is -2.42. The maximum Gasteiger partial charge on any atom is 0.276 e. The molecule has 0 saturated heterocycles. The van der Waals surface area contributed by atoms with Crippen molar-refractivity contribution in [3.8, 4) is 6.07 Å². The van der Waals surface area contributed by atoms with Crippen LogP contribution >= 0.6 is 0 Å². The summed E-state index contributed by atoms with van der Waals surface area (Å²) in [6.45, 7) is 14.4. The molecule has 2 aliphatic rings. The third-order valence-corrected chi connectivity index (χ3v) is 9.24. The number of nitrogens with zero attached hydrogens (tertiary/aromatic N) is 5. The zero-order valence-corrected chi connectivity index (χ0v) is 28.8. The molecule has 0 unspecified atom stereocenters. The number of benzene rings is 1. The molecule has 1 aliphatic heterocycles. The van der Waals surface area contributed by atoms with Gasteiger partial charge in [0.1, 0.15) is 11.6 Å². The predicted octanol–water partition coefficient (Wildman–Crippen LogP) is 8.18. The lowest BCUT2D eigenvalue weighted by Crippen LogP contribution is -2.40. The zero-order valence-electron chi connectivity index (χ0n) is 28.8. The van der Waals surface area contributed by atoms with Crippen LogP contribution in [-0.2, 0) is 5.92 Å². The molecule has 1 saturated carbocycles. The van der Waals surface area contributed by atoms with Crippen LogP contribution in [0.15, 0.2) is 83.2 Å². The first-order chi connectivity index (χ1) is 22.2. The number of nitrogens with two attached hydrogens (primary N) is 2. The number of halogens is 3. The Kier molecular flexibility index (Phi) is 12.9. The van der Waals surface area contributed by atoms with E-state index in [4.69, 9.17) is 11.6 Å². The number of hydrogen-bond donors (Lipinski definition) is 2. The summed E-state index contributed by atoms with van der Waals surface area (Å²) in [5, 5.41) is 11.8. The molecule has 0 aromatic heterocycles. The van der Waals surface area contributed by atoms with Crippen molar-refractivity contribution in [1.82, 2.24) is 14.8 Å². The highest BCUT2D eigenvalue weighted by atomic mass is 19.3. The summed E-state index contributed by atoms with van der Waals surface area (Å²) >= 11 is 0. The molecule has 1 heterocycles. The summed E-state index contributed by atoms with van der Waals surface area (Å²) < 4.78 is 44.5. The van der Waals surface area contributed by atoms with Gasteiger partial charge < -0.3 is 20.5 Å². The van der Waals surface area contributed by atoms with E-state index >= 15 is 0 Å². The van der Waals surface area contributed by atoms with Crippen molar-refractivity contribution in [3.05, 3.63) is 95.1 Å². The fourth-order valence-electron chi connectivity index (χ4n) is 6.63. The van der Waals surface area contributed by atoms with Crippen molar-refractivity contribution in [1.29, 1.82) is 5.26 Å². The summed E-state index contributed by atoms with van der Waals surface area (Å²) in [6.07, 6.45) is 10.8. The van der Waals surface area contributed by atoms with E-state index in [0.717, 1.165) is 60.5 Å². The van der Waals surface area contributed by atoms with Crippen molar-refractivity contribution < 1.29 is 13.2 Å². The minimum atomic E-state index is -3.24. The molecule has 256 valence electrons. The van der Waals surface area contributed by atoms with Crippen molar-refractivity contribution in [2.75, 3.05) is 27.2 Å². The van der Waals surface area contributed by atoms with Crippen LogP contribution in [0.25, 0.3) is 0 Å². The van der Waals surface area contributed by atoms with Gasteiger partial charge in [-0.2, -0.15) is 5.26 Å². The Morgan fingerprint density at radius 1 is 1.21 bits per heavy atom. The Labute approximate surface area is 279 Å². The average molecular weight is 652 g/mol. The first-order valence-corrected chi connectivity index (χ1v) is 16.5. The molecule has 1 aromatic carbocycles. The smallest absolute Gasteiger partial charge is 0.276 e. The lowest BCUT2D eigenvalue weighted by molar-refractivity contribution is -0.0193. The number of nitriles is 1. The molecule has 0 amide bonds. The van der Waals surface area contributed by atoms with Gasteiger partial charge in [0.2, 0.25) is 0 Å². The Morgan fingerprint density at radius 2 is 1.89 bits per heavy atom. The molecule has 10 heteroatoms. The quantitative estimate of drug-likeness (QED) is 0.0859. The fraction of sp³-hybridized carbons (Fsp3) is 0.514. The summed E-state index contributed by atoms with van der Waals surface area (Å²) in [7, 11) is 3.85. The van der Waals surface area contributed by atoms with Gasteiger partial charge >= 0.3 is 0 Å². The van der Waals surface area contributed by atoms with E-state index < -0.39 is 29.1 Å². The Morgan fingerprint density at radius 3 is 2.51 bits per heavy atom. The van der Waals surface area contributed by atoms with E-state index in [1.807, 2.05) is 30.8 Å². The number of likely N-dealkylation sites (N-methyl/N-ethyl adjacent to an activating group) is 2. The lowest BCUT2D eigenvalue weighted by atomic mass is 9.68. The molecule has 1 aliphatic carbocycles. The van der Waals surface area contributed by atoms with E-state index in [9.17, 15) is 18.4 Å². The van der Waals surface area contributed by atoms with Crippen LogP contribution < -0.4 is 11.6 Å². The number of hydrazine groups is 1.